The second-order valence-corrected chi connectivity index (χ2v) is 6.18. The standard InChI is InChI=1S/C19H24N4O3/c1-4-6-20-18(24)15-10-21-19(22-11-15)23-7-5-13-8-16(25-2)17(26-3)9-14(13)12-23/h8-11H,4-7,12H2,1-3H3,(H,20,24). The molecule has 0 aliphatic carbocycles. The lowest BCUT2D eigenvalue weighted by atomic mass is 9.99. The van der Waals surface area contributed by atoms with Gasteiger partial charge in [-0.05, 0) is 36.1 Å². The van der Waals surface area contributed by atoms with Gasteiger partial charge < -0.3 is 19.7 Å². The molecule has 0 spiro atoms. The van der Waals surface area contributed by atoms with Crippen LogP contribution in [0.1, 0.15) is 34.8 Å². The number of rotatable bonds is 6. The molecule has 26 heavy (non-hydrogen) atoms. The molecule has 138 valence electrons. The van der Waals surface area contributed by atoms with E-state index in [0.717, 1.165) is 30.9 Å². The smallest absolute Gasteiger partial charge is 0.254 e. The molecule has 2 heterocycles. The van der Waals surface area contributed by atoms with Gasteiger partial charge in [0.05, 0.1) is 19.8 Å². The highest BCUT2D eigenvalue weighted by Gasteiger charge is 2.21. The summed E-state index contributed by atoms with van der Waals surface area (Å²) in [4.78, 5) is 22.8. The van der Waals surface area contributed by atoms with Crippen molar-refractivity contribution in [2.75, 3.05) is 32.2 Å². The van der Waals surface area contributed by atoms with Gasteiger partial charge in [0, 0.05) is 32.0 Å². The summed E-state index contributed by atoms with van der Waals surface area (Å²) in [5.41, 5.74) is 2.89. The first-order valence-electron chi connectivity index (χ1n) is 8.75. The van der Waals surface area contributed by atoms with Crippen molar-refractivity contribution in [2.45, 2.75) is 26.3 Å². The minimum absolute atomic E-state index is 0.140. The van der Waals surface area contributed by atoms with Gasteiger partial charge in [-0.3, -0.25) is 4.79 Å². The van der Waals surface area contributed by atoms with Crippen molar-refractivity contribution in [3.8, 4) is 11.5 Å². The highest BCUT2D eigenvalue weighted by atomic mass is 16.5. The molecule has 0 unspecified atom stereocenters. The summed E-state index contributed by atoms with van der Waals surface area (Å²) >= 11 is 0. The molecule has 0 radical (unpaired) electrons. The molecule has 2 aromatic rings. The van der Waals surface area contributed by atoms with Crippen molar-refractivity contribution in [2.24, 2.45) is 0 Å². The van der Waals surface area contributed by atoms with Crippen molar-refractivity contribution in [3.05, 3.63) is 41.2 Å². The highest BCUT2D eigenvalue weighted by Crippen LogP contribution is 2.33. The molecule has 1 aliphatic rings. The van der Waals surface area contributed by atoms with Gasteiger partial charge in [-0.2, -0.15) is 0 Å². The average molecular weight is 356 g/mol. The molecule has 7 heteroatoms. The lowest BCUT2D eigenvalue weighted by Gasteiger charge is -2.29. The Labute approximate surface area is 153 Å². The van der Waals surface area contributed by atoms with E-state index < -0.39 is 0 Å². The quantitative estimate of drug-likeness (QED) is 0.855. The van der Waals surface area contributed by atoms with Crippen molar-refractivity contribution < 1.29 is 14.3 Å². The summed E-state index contributed by atoms with van der Waals surface area (Å²) in [5, 5.41) is 2.83. The molecular formula is C19H24N4O3. The predicted molar refractivity (Wildman–Crippen MR) is 99.0 cm³/mol. The van der Waals surface area contributed by atoms with Crippen LogP contribution in [0.5, 0.6) is 11.5 Å². The summed E-state index contributed by atoms with van der Waals surface area (Å²) in [6.07, 6.45) is 4.93. The van der Waals surface area contributed by atoms with Crippen molar-refractivity contribution in [3.63, 3.8) is 0 Å². The zero-order chi connectivity index (χ0) is 18.5. The number of nitrogens with one attached hydrogen (secondary N) is 1. The number of hydrogen-bond acceptors (Lipinski definition) is 6. The lowest BCUT2D eigenvalue weighted by molar-refractivity contribution is 0.0953. The number of benzene rings is 1. The van der Waals surface area contributed by atoms with Gasteiger partial charge in [-0.25, -0.2) is 9.97 Å². The summed E-state index contributed by atoms with van der Waals surface area (Å²) in [6, 6.07) is 4.04. The van der Waals surface area contributed by atoms with Gasteiger partial charge in [0.25, 0.3) is 5.91 Å². The van der Waals surface area contributed by atoms with Crippen LogP contribution < -0.4 is 19.7 Å². The van der Waals surface area contributed by atoms with Crippen molar-refractivity contribution >= 4 is 11.9 Å². The highest BCUT2D eigenvalue weighted by molar-refractivity contribution is 5.93. The number of hydrogen-bond donors (Lipinski definition) is 1. The Morgan fingerprint density at radius 2 is 1.81 bits per heavy atom. The number of aromatic nitrogens is 2. The number of fused-ring (bicyclic) bond motifs is 1. The third-order valence-electron chi connectivity index (χ3n) is 4.44. The van der Waals surface area contributed by atoms with Crippen molar-refractivity contribution in [1.29, 1.82) is 0 Å². The van der Waals surface area contributed by atoms with Gasteiger partial charge in [0.1, 0.15) is 0 Å². The fourth-order valence-corrected chi connectivity index (χ4v) is 3.00. The van der Waals surface area contributed by atoms with Gasteiger partial charge in [-0.15, -0.1) is 0 Å². The Bertz CT molecular complexity index is 777. The molecule has 0 saturated heterocycles. The number of anilines is 1. The van der Waals surface area contributed by atoms with E-state index in [0.29, 0.717) is 24.6 Å². The molecular weight excluding hydrogens is 332 g/mol. The van der Waals surface area contributed by atoms with Gasteiger partial charge in [0.2, 0.25) is 5.95 Å². The van der Waals surface area contributed by atoms with E-state index in [1.54, 1.807) is 26.6 Å². The molecule has 1 N–H and O–H groups in total. The molecule has 1 aromatic heterocycles. The van der Waals surface area contributed by atoms with E-state index >= 15 is 0 Å². The van der Waals surface area contributed by atoms with E-state index in [1.165, 1.54) is 11.1 Å². The second kappa shape index (κ2) is 8.03. The van der Waals surface area contributed by atoms with E-state index in [9.17, 15) is 4.79 Å². The fraction of sp³-hybridized carbons (Fsp3) is 0.421. The van der Waals surface area contributed by atoms with Crippen LogP contribution in [0.2, 0.25) is 0 Å². The normalized spacial score (nSPS) is 13.1. The Balaban J connectivity index is 1.75. The number of nitrogens with zero attached hydrogens (tertiary/aromatic N) is 3. The van der Waals surface area contributed by atoms with Crippen LogP contribution in [-0.4, -0.2) is 43.2 Å². The molecule has 0 fully saturated rings. The maximum Gasteiger partial charge on any atom is 0.254 e. The van der Waals surface area contributed by atoms with Crippen LogP contribution >= 0.6 is 0 Å². The molecule has 1 aliphatic heterocycles. The van der Waals surface area contributed by atoms with Crippen LogP contribution in [0.4, 0.5) is 5.95 Å². The minimum atomic E-state index is -0.140. The number of methoxy groups -OCH3 is 2. The fourth-order valence-electron chi connectivity index (χ4n) is 3.00. The first kappa shape index (κ1) is 18.0. The Hall–Kier alpha value is -2.83. The molecule has 0 atom stereocenters. The maximum absolute atomic E-state index is 12.0. The zero-order valence-electron chi connectivity index (χ0n) is 15.4. The van der Waals surface area contributed by atoms with E-state index in [2.05, 4.69) is 20.2 Å². The van der Waals surface area contributed by atoms with Crippen molar-refractivity contribution in [1.82, 2.24) is 15.3 Å². The third-order valence-corrected chi connectivity index (χ3v) is 4.44. The SMILES string of the molecule is CCCNC(=O)c1cnc(N2CCc3cc(OC)c(OC)cc3C2)nc1. The third kappa shape index (κ3) is 3.71. The second-order valence-electron chi connectivity index (χ2n) is 6.18. The zero-order valence-corrected chi connectivity index (χ0v) is 15.4. The molecule has 0 saturated carbocycles. The Morgan fingerprint density at radius 1 is 1.15 bits per heavy atom. The summed E-state index contributed by atoms with van der Waals surface area (Å²) < 4.78 is 10.8. The summed E-state index contributed by atoms with van der Waals surface area (Å²) in [5.74, 6) is 1.95. The number of amides is 1. The van der Waals surface area contributed by atoms with E-state index in [4.69, 9.17) is 9.47 Å². The van der Waals surface area contributed by atoms with E-state index in [1.807, 2.05) is 19.1 Å². The number of carbonyl (C=O) groups is 1. The molecule has 7 nitrogen and oxygen atoms in total. The molecule has 1 amide bonds. The lowest BCUT2D eigenvalue weighted by Crippen LogP contribution is -2.32. The minimum Gasteiger partial charge on any atom is -0.493 e. The average Bonchev–Trinajstić information content (AvgIpc) is 2.70. The maximum atomic E-state index is 12.0. The van der Waals surface area contributed by atoms with E-state index in [-0.39, 0.29) is 5.91 Å². The van der Waals surface area contributed by atoms with Gasteiger partial charge in [0.15, 0.2) is 11.5 Å². The topological polar surface area (TPSA) is 76.6 Å². The first-order chi connectivity index (χ1) is 12.7. The number of carbonyl (C=O) groups excluding carboxylic acids is 1. The summed E-state index contributed by atoms with van der Waals surface area (Å²) in [6.45, 7) is 4.16. The van der Waals surface area contributed by atoms with Crippen LogP contribution in [0.25, 0.3) is 0 Å². The Kier molecular flexibility index (Phi) is 5.55. The van der Waals surface area contributed by atoms with Crippen LogP contribution in [0.3, 0.4) is 0 Å². The first-order valence-corrected chi connectivity index (χ1v) is 8.75. The largest absolute Gasteiger partial charge is 0.493 e. The van der Waals surface area contributed by atoms with Crippen LogP contribution in [-0.2, 0) is 13.0 Å². The molecule has 0 bridgehead atoms. The monoisotopic (exact) mass is 356 g/mol. The van der Waals surface area contributed by atoms with Gasteiger partial charge in [-0.1, -0.05) is 6.92 Å². The number of ether oxygens (including phenoxy) is 2. The van der Waals surface area contributed by atoms with Crippen LogP contribution in [0, 0.1) is 0 Å². The predicted octanol–water partition coefficient (Wildman–Crippen LogP) is 2.20. The Morgan fingerprint density at radius 3 is 2.42 bits per heavy atom. The molecule has 3 rings (SSSR count). The van der Waals surface area contributed by atoms with Crippen LogP contribution in [0.15, 0.2) is 24.5 Å². The molecule has 1 aromatic carbocycles. The van der Waals surface area contributed by atoms with Gasteiger partial charge >= 0.3 is 0 Å². The summed E-state index contributed by atoms with van der Waals surface area (Å²) in [7, 11) is 3.28.